The van der Waals surface area contributed by atoms with Gasteiger partial charge in [0, 0.05) is 20.1 Å². The van der Waals surface area contributed by atoms with Crippen LogP contribution >= 0.6 is 31.9 Å². The van der Waals surface area contributed by atoms with Gasteiger partial charge < -0.3 is 14.8 Å². The monoisotopic (exact) mass is 513 g/mol. The van der Waals surface area contributed by atoms with Crippen molar-refractivity contribution >= 4 is 55.1 Å². The Kier molecular flexibility index (Phi) is 5.48. The zero-order valence-corrected chi connectivity index (χ0v) is 18.9. The molecule has 0 aliphatic carbocycles. The fraction of sp³-hybridized carbons (Fsp3) is 0.0870. The van der Waals surface area contributed by atoms with Gasteiger partial charge in [-0.25, -0.2) is 0 Å². The standard InChI is InChI=1S/C23H17Br2NO3/c1-13-19(24)12-20(25)22-21(13)18(23(27)26-22)11-14-4-3-5-17(10-14)29-16-8-6-15(28-2)7-9-16/h3-12H,1-2H3,(H,26,27). The summed E-state index contributed by atoms with van der Waals surface area (Å²) in [5.74, 6) is 2.05. The Morgan fingerprint density at radius 3 is 2.38 bits per heavy atom. The van der Waals surface area contributed by atoms with Gasteiger partial charge in [0.2, 0.25) is 0 Å². The van der Waals surface area contributed by atoms with Crippen molar-refractivity contribution in [2.45, 2.75) is 6.92 Å². The molecule has 0 fully saturated rings. The summed E-state index contributed by atoms with van der Waals surface area (Å²) in [5.41, 5.74) is 4.22. The van der Waals surface area contributed by atoms with E-state index in [4.69, 9.17) is 9.47 Å². The lowest BCUT2D eigenvalue weighted by atomic mass is 9.99. The lowest BCUT2D eigenvalue weighted by Crippen LogP contribution is -2.03. The number of halogens is 2. The van der Waals surface area contributed by atoms with E-state index in [1.165, 1.54) is 0 Å². The minimum Gasteiger partial charge on any atom is -0.497 e. The van der Waals surface area contributed by atoms with Gasteiger partial charge in [0.1, 0.15) is 17.2 Å². The van der Waals surface area contributed by atoms with Crippen LogP contribution in [0.2, 0.25) is 0 Å². The smallest absolute Gasteiger partial charge is 0.256 e. The summed E-state index contributed by atoms with van der Waals surface area (Å²) in [6.45, 7) is 1.99. The van der Waals surface area contributed by atoms with Crippen molar-refractivity contribution in [3.05, 3.63) is 80.2 Å². The average molecular weight is 515 g/mol. The largest absolute Gasteiger partial charge is 0.497 e. The normalized spacial score (nSPS) is 13.9. The number of anilines is 1. The van der Waals surface area contributed by atoms with Crippen LogP contribution in [-0.4, -0.2) is 13.0 Å². The molecule has 29 heavy (non-hydrogen) atoms. The molecule has 6 heteroatoms. The summed E-state index contributed by atoms with van der Waals surface area (Å²) in [6.07, 6.45) is 1.88. The van der Waals surface area contributed by atoms with Gasteiger partial charge in [0.25, 0.3) is 5.91 Å². The maximum absolute atomic E-state index is 12.6. The summed E-state index contributed by atoms with van der Waals surface area (Å²) in [5, 5.41) is 2.95. The van der Waals surface area contributed by atoms with Crippen LogP contribution in [0.5, 0.6) is 17.2 Å². The highest BCUT2D eigenvalue weighted by Gasteiger charge is 2.29. The van der Waals surface area contributed by atoms with Gasteiger partial charge in [-0.2, -0.15) is 0 Å². The Labute approximate surface area is 185 Å². The molecule has 3 aromatic carbocycles. The molecule has 0 atom stereocenters. The van der Waals surface area contributed by atoms with Crippen LogP contribution in [0.3, 0.4) is 0 Å². The Hall–Kier alpha value is -2.57. The molecule has 1 aliphatic heterocycles. The van der Waals surface area contributed by atoms with E-state index in [2.05, 4.69) is 37.2 Å². The first-order valence-corrected chi connectivity index (χ1v) is 10.5. The molecule has 1 heterocycles. The molecule has 1 aliphatic rings. The molecule has 146 valence electrons. The second kappa shape index (κ2) is 8.05. The Morgan fingerprint density at radius 2 is 1.66 bits per heavy atom. The molecule has 0 unspecified atom stereocenters. The van der Waals surface area contributed by atoms with Crippen LogP contribution < -0.4 is 14.8 Å². The van der Waals surface area contributed by atoms with Crippen LogP contribution in [0.25, 0.3) is 11.6 Å². The van der Waals surface area contributed by atoms with E-state index in [0.29, 0.717) is 17.1 Å². The first-order valence-electron chi connectivity index (χ1n) is 8.90. The molecular weight excluding hydrogens is 498 g/mol. The van der Waals surface area contributed by atoms with Crippen LogP contribution in [0, 0.1) is 6.92 Å². The third kappa shape index (κ3) is 3.95. The van der Waals surface area contributed by atoms with Crippen LogP contribution in [-0.2, 0) is 4.79 Å². The number of ether oxygens (including phenoxy) is 2. The molecular formula is C23H17Br2NO3. The number of amides is 1. The summed E-state index contributed by atoms with van der Waals surface area (Å²) in [6, 6.07) is 17.0. The summed E-state index contributed by atoms with van der Waals surface area (Å²) in [4.78, 5) is 12.6. The van der Waals surface area contributed by atoms with Gasteiger partial charge in [-0.05, 0) is 82.5 Å². The van der Waals surface area contributed by atoms with Crippen LogP contribution in [0.15, 0.2) is 63.5 Å². The summed E-state index contributed by atoms with van der Waals surface area (Å²) < 4.78 is 12.9. The van der Waals surface area contributed by atoms with Crippen LogP contribution in [0.1, 0.15) is 16.7 Å². The van der Waals surface area contributed by atoms with Gasteiger partial charge in [0.15, 0.2) is 0 Å². The molecule has 0 saturated heterocycles. The second-order valence-electron chi connectivity index (χ2n) is 6.58. The van der Waals surface area contributed by atoms with E-state index in [1.807, 2.05) is 67.6 Å². The molecule has 1 N–H and O–H groups in total. The van der Waals surface area contributed by atoms with Gasteiger partial charge in [-0.15, -0.1) is 0 Å². The van der Waals surface area contributed by atoms with Crippen molar-refractivity contribution in [1.29, 1.82) is 0 Å². The fourth-order valence-corrected chi connectivity index (χ4v) is 4.48. The Bertz CT molecular complexity index is 1140. The van der Waals surface area contributed by atoms with E-state index in [9.17, 15) is 4.79 Å². The molecule has 4 nitrogen and oxygen atoms in total. The van der Waals surface area contributed by atoms with Crippen molar-refractivity contribution in [1.82, 2.24) is 0 Å². The molecule has 0 saturated carbocycles. The minimum atomic E-state index is -0.122. The highest BCUT2D eigenvalue weighted by molar-refractivity contribution is 9.11. The zero-order valence-electron chi connectivity index (χ0n) is 15.8. The van der Waals surface area contributed by atoms with E-state index < -0.39 is 0 Å². The minimum absolute atomic E-state index is 0.122. The second-order valence-corrected chi connectivity index (χ2v) is 8.29. The van der Waals surface area contributed by atoms with Gasteiger partial charge >= 0.3 is 0 Å². The maximum atomic E-state index is 12.6. The van der Waals surface area contributed by atoms with Crippen molar-refractivity contribution in [2.75, 3.05) is 12.4 Å². The predicted molar refractivity (Wildman–Crippen MR) is 123 cm³/mol. The van der Waals surface area contributed by atoms with Crippen molar-refractivity contribution in [3.8, 4) is 17.2 Å². The lowest BCUT2D eigenvalue weighted by Gasteiger charge is -2.09. The number of benzene rings is 3. The summed E-state index contributed by atoms with van der Waals surface area (Å²) >= 11 is 7.10. The topological polar surface area (TPSA) is 47.6 Å². The highest BCUT2D eigenvalue weighted by atomic mass is 79.9. The SMILES string of the molecule is COc1ccc(Oc2cccc(C=C3C(=O)Nc4c(Br)cc(Br)c(C)c43)c2)cc1. The third-order valence-electron chi connectivity index (χ3n) is 4.69. The number of hydrogen-bond donors (Lipinski definition) is 1. The van der Waals surface area contributed by atoms with Crippen molar-refractivity contribution < 1.29 is 14.3 Å². The van der Waals surface area contributed by atoms with Crippen molar-refractivity contribution in [3.63, 3.8) is 0 Å². The number of carbonyl (C=O) groups is 1. The summed E-state index contributed by atoms with van der Waals surface area (Å²) in [7, 11) is 1.63. The molecule has 3 aromatic rings. The van der Waals surface area contributed by atoms with E-state index >= 15 is 0 Å². The number of methoxy groups -OCH3 is 1. The number of nitrogens with one attached hydrogen (secondary N) is 1. The van der Waals surface area contributed by atoms with E-state index in [1.54, 1.807) is 7.11 Å². The lowest BCUT2D eigenvalue weighted by molar-refractivity contribution is -0.110. The molecule has 0 aromatic heterocycles. The van der Waals surface area contributed by atoms with Gasteiger partial charge in [-0.1, -0.05) is 28.1 Å². The van der Waals surface area contributed by atoms with E-state index in [0.717, 1.165) is 37.1 Å². The number of carbonyl (C=O) groups excluding carboxylic acids is 1. The molecule has 0 bridgehead atoms. The van der Waals surface area contributed by atoms with Crippen LogP contribution in [0.4, 0.5) is 5.69 Å². The van der Waals surface area contributed by atoms with Crippen molar-refractivity contribution in [2.24, 2.45) is 0 Å². The average Bonchev–Trinajstić information content (AvgIpc) is 3.04. The number of hydrogen-bond acceptors (Lipinski definition) is 3. The molecule has 0 radical (unpaired) electrons. The van der Waals surface area contributed by atoms with Gasteiger partial charge in [0.05, 0.1) is 12.8 Å². The molecule has 0 spiro atoms. The molecule has 1 amide bonds. The predicted octanol–water partition coefficient (Wildman–Crippen LogP) is 6.81. The third-order valence-corrected chi connectivity index (χ3v) is 6.14. The molecule has 4 rings (SSSR count). The highest BCUT2D eigenvalue weighted by Crippen LogP contribution is 2.43. The van der Waals surface area contributed by atoms with E-state index in [-0.39, 0.29) is 5.91 Å². The first kappa shape index (κ1) is 19.7. The zero-order chi connectivity index (χ0) is 20.5. The quantitative estimate of drug-likeness (QED) is 0.389. The Balaban J connectivity index is 1.68. The number of fused-ring (bicyclic) bond motifs is 1. The number of rotatable bonds is 4. The Morgan fingerprint density at radius 1 is 0.931 bits per heavy atom. The van der Waals surface area contributed by atoms with Gasteiger partial charge in [-0.3, -0.25) is 4.79 Å². The fourth-order valence-electron chi connectivity index (χ4n) is 3.22. The maximum Gasteiger partial charge on any atom is 0.256 e. The first-order chi connectivity index (χ1) is 14.0.